The molecule has 1 saturated heterocycles. The molecule has 0 spiro atoms. The molecule has 0 bridgehead atoms. The Morgan fingerprint density at radius 3 is 2.88 bits per heavy atom. The standard InChI is InChI=1S/C13H18FNO/c1-9-7-10(5-6-15-9)12-4-3-11(16-2)8-13(12)14/h3-4,8-10,15H,5-7H2,1-2H3. The van der Waals surface area contributed by atoms with Crippen molar-refractivity contribution in [2.75, 3.05) is 13.7 Å². The van der Waals surface area contributed by atoms with Gasteiger partial charge in [0.2, 0.25) is 0 Å². The quantitative estimate of drug-likeness (QED) is 0.832. The molecule has 0 radical (unpaired) electrons. The molecule has 1 aromatic rings. The fraction of sp³-hybridized carbons (Fsp3) is 0.538. The maximum atomic E-state index is 13.8. The van der Waals surface area contributed by atoms with Crippen molar-refractivity contribution in [3.63, 3.8) is 0 Å². The minimum Gasteiger partial charge on any atom is -0.497 e. The number of halogens is 1. The first kappa shape index (κ1) is 11.4. The van der Waals surface area contributed by atoms with Crippen LogP contribution in [0.1, 0.15) is 31.2 Å². The predicted molar refractivity (Wildman–Crippen MR) is 62.4 cm³/mol. The summed E-state index contributed by atoms with van der Waals surface area (Å²) in [5.41, 5.74) is 0.828. The van der Waals surface area contributed by atoms with Crippen molar-refractivity contribution in [2.45, 2.75) is 31.7 Å². The van der Waals surface area contributed by atoms with Gasteiger partial charge in [-0.3, -0.25) is 0 Å². The second kappa shape index (κ2) is 4.83. The first-order chi connectivity index (χ1) is 7.70. The van der Waals surface area contributed by atoms with Gasteiger partial charge in [-0.05, 0) is 43.9 Å². The molecule has 3 heteroatoms. The molecule has 0 saturated carbocycles. The zero-order chi connectivity index (χ0) is 11.5. The van der Waals surface area contributed by atoms with E-state index < -0.39 is 0 Å². The van der Waals surface area contributed by atoms with E-state index in [9.17, 15) is 4.39 Å². The highest BCUT2D eigenvalue weighted by Gasteiger charge is 2.22. The van der Waals surface area contributed by atoms with E-state index >= 15 is 0 Å². The number of ether oxygens (including phenoxy) is 1. The molecule has 1 aliphatic heterocycles. The van der Waals surface area contributed by atoms with Gasteiger partial charge in [0.15, 0.2) is 0 Å². The maximum absolute atomic E-state index is 13.8. The molecule has 2 atom stereocenters. The van der Waals surface area contributed by atoms with Crippen LogP contribution in [0.3, 0.4) is 0 Å². The minimum absolute atomic E-state index is 0.140. The number of benzene rings is 1. The molecule has 0 aromatic heterocycles. The van der Waals surface area contributed by atoms with Gasteiger partial charge in [-0.2, -0.15) is 0 Å². The van der Waals surface area contributed by atoms with Gasteiger partial charge in [-0.25, -0.2) is 4.39 Å². The van der Waals surface area contributed by atoms with E-state index in [-0.39, 0.29) is 5.82 Å². The van der Waals surface area contributed by atoms with Gasteiger partial charge in [-0.1, -0.05) is 6.07 Å². The van der Waals surface area contributed by atoms with Gasteiger partial charge in [0, 0.05) is 12.1 Å². The average molecular weight is 223 g/mol. The Morgan fingerprint density at radius 1 is 1.44 bits per heavy atom. The Bertz CT molecular complexity index is 367. The fourth-order valence-electron chi connectivity index (χ4n) is 2.38. The molecule has 1 aromatic carbocycles. The fourth-order valence-corrected chi connectivity index (χ4v) is 2.38. The van der Waals surface area contributed by atoms with Crippen molar-refractivity contribution in [2.24, 2.45) is 0 Å². The van der Waals surface area contributed by atoms with Crippen molar-refractivity contribution in [3.05, 3.63) is 29.6 Å². The Morgan fingerprint density at radius 2 is 2.25 bits per heavy atom. The van der Waals surface area contributed by atoms with Crippen LogP contribution in [0.15, 0.2) is 18.2 Å². The number of hydrogen-bond acceptors (Lipinski definition) is 2. The van der Waals surface area contributed by atoms with E-state index in [1.165, 1.54) is 6.07 Å². The van der Waals surface area contributed by atoms with E-state index in [0.29, 0.717) is 17.7 Å². The summed E-state index contributed by atoms with van der Waals surface area (Å²) in [6.07, 6.45) is 2.01. The highest BCUT2D eigenvalue weighted by molar-refractivity contribution is 5.31. The van der Waals surface area contributed by atoms with Crippen molar-refractivity contribution in [1.82, 2.24) is 5.32 Å². The molecular weight excluding hydrogens is 205 g/mol. The summed E-state index contributed by atoms with van der Waals surface area (Å²) in [6.45, 7) is 3.12. The van der Waals surface area contributed by atoms with Gasteiger partial charge in [-0.15, -0.1) is 0 Å². The van der Waals surface area contributed by atoms with Crippen LogP contribution in [0.2, 0.25) is 0 Å². The number of piperidine rings is 1. The minimum atomic E-state index is -0.140. The van der Waals surface area contributed by atoms with Crippen molar-refractivity contribution in [1.29, 1.82) is 0 Å². The van der Waals surface area contributed by atoms with Crippen molar-refractivity contribution in [3.8, 4) is 5.75 Å². The Labute approximate surface area is 95.8 Å². The third kappa shape index (κ3) is 2.35. The number of nitrogens with one attached hydrogen (secondary N) is 1. The number of methoxy groups -OCH3 is 1. The number of hydrogen-bond donors (Lipinski definition) is 1. The molecule has 1 aliphatic rings. The highest BCUT2D eigenvalue weighted by atomic mass is 19.1. The van der Waals surface area contributed by atoms with Crippen molar-refractivity contribution < 1.29 is 9.13 Å². The normalized spacial score (nSPS) is 25.4. The first-order valence-corrected chi connectivity index (χ1v) is 5.77. The average Bonchev–Trinajstić information content (AvgIpc) is 2.28. The lowest BCUT2D eigenvalue weighted by molar-refractivity contribution is 0.371. The molecular formula is C13H18FNO. The molecule has 16 heavy (non-hydrogen) atoms. The summed E-state index contributed by atoms with van der Waals surface area (Å²) in [6, 6.07) is 5.64. The lowest BCUT2D eigenvalue weighted by Crippen LogP contribution is -2.35. The van der Waals surface area contributed by atoms with E-state index in [1.54, 1.807) is 7.11 Å². The zero-order valence-corrected chi connectivity index (χ0v) is 9.79. The molecule has 0 aliphatic carbocycles. The summed E-state index contributed by atoms with van der Waals surface area (Å²) < 4.78 is 18.9. The summed E-state index contributed by atoms with van der Waals surface area (Å²) in [7, 11) is 1.56. The highest BCUT2D eigenvalue weighted by Crippen LogP contribution is 2.31. The molecule has 2 rings (SSSR count). The van der Waals surface area contributed by atoms with Gasteiger partial charge < -0.3 is 10.1 Å². The second-order valence-electron chi connectivity index (χ2n) is 4.46. The third-order valence-corrected chi connectivity index (χ3v) is 3.27. The largest absolute Gasteiger partial charge is 0.497 e. The summed E-state index contributed by atoms with van der Waals surface area (Å²) in [5, 5.41) is 3.38. The number of rotatable bonds is 2. The maximum Gasteiger partial charge on any atom is 0.130 e. The Balaban J connectivity index is 2.19. The van der Waals surface area contributed by atoms with Crippen LogP contribution < -0.4 is 10.1 Å². The molecule has 0 amide bonds. The van der Waals surface area contributed by atoms with Crippen LogP contribution in [-0.4, -0.2) is 19.7 Å². The molecule has 88 valence electrons. The lowest BCUT2D eigenvalue weighted by Gasteiger charge is -2.28. The van der Waals surface area contributed by atoms with Crippen LogP contribution in [0.5, 0.6) is 5.75 Å². The summed E-state index contributed by atoms with van der Waals surface area (Å²) in [5.74, 6) is 0.781. The lowest BCUT2D eigenvalue weighted by atomic mass is 9.86. The topological polar surface area (TPSA) is 21.3 Å². The van der Waals surface area contributed by atoms with Gasteiger partial charge in [0.1, 0.15) is 11.6 Å². The molecule has 1 fully saturated rings. The van der Waals surface area contributed by atoms with E-state index in [1.807, 2.05) is 12.1 Å². The Hall–Kier alpha value is -1.09. The molecule has 2 nitrogen and oxygen atoms in total. The van der Waals surface area contributed by atoms with Crippen LogP contribution in [0.4, 0.5) is 4.39 Å². The van der Waals surface area contributed by atoms with Crippen LogP contribution in [-0.2, 0) is 0 Å². The molecule has 1 N–H and O–H groups in total. The van der Waals surface area contributed by atoms with Crippen LogP contribution >= 0.6 is 0 Å². The summed E-state index contributed by atoms with van der Waals surface area (Å²) >= 11 is 0. The van der Waals surface area contributed by atoms with E-state index in [4.69, 9.17) is 4.74 Å². The van der Waals surface area contributed by atoms with Gasteiger partial charge in [0.05, 0.1) is 7.11 Å². The van der Waals surface area contributed by atoms with Crippen molar-refractivity contribution >= 4 is 0 Å². The second-order valence-corrected chi connectivity index (χ2v) is 4.46. The smallest absolute Gasteiger partial charge is 0.130 e. The van der Waals surface area contributed by atoms with Crippen LogP contribution in [0.25, 0.3) is 0 Å². The molecule has 1 heterocycles. The van der Waals surface area contributed by atoms with Crippen LogP contribution in [0, 0.1) is 5.82 Å². The van der Waals surface area contributed by atoms with E-state index in [2.05, 4.69) is 12.2 Å². The summed E-state index contributed by atoms with van der Waals surface area (Å²) in [4.78, 5) is 0. The zero-order valence-electron chi connectivity index (χ0n) is 9.79. The SMILES string of the molecule is COc1ccc(C2CCNC(C)C2)c(F)c1. The molecule has 2 unspecified atom stereocenters. The first-order valence-electron chi connectivity index (χ1n) is 5.77. The predicted octanol–water partition coefficient (Wildman–Crippen LogP) is 2.69. The van der Waals surface area contributed by atoms with E-state index in [0.717, 1.165) is 24.9 Å². The monoisotopic (exact) mass is 223 g/mol. The third-order valence-electron chi connectivity index (χ3n) is 3.27. The Kier molecular flexibility index (Phi) is 3.44. The van der Waals surface area contributed by atoms with Gasteiger partial charge >= 0.3 is 0 Å². The van der Waals surface area contributed by atoms with Gasteiger partial charge in [0.25, 0.3) is 0 Å².